The van der Waals surface area contributed by atoms with Gasteiger partial charge in [0, 0.05) is 33.1 Å². The molecule has 1 aliphatic carbocycles. The molecule has 0 radical (unpaired) electrons. The molecule has 0 unspecified atom stereocenters. The van der Waals surface area contributed by atoms with E-state index in [2.05, 4.69) is 55.5 Å². The lowest BCUT2D eigenvalue weighted by atomic mass is 9.72. The average Bonchev–Trinajstić information content (AvgIpc) is 3.59. The predicted molar refractivity (Wildman–Crippen MR) is 120 cm³/mol. The molecule has 4 heteroatoms. The quantitative estimate of drug-likeness (QED) is 0.745. The third-order valence-corrected chi connectivity index (χ3v) is 6.74. The molecule has 158 valence electrons. The van der Waals surface area contributed by atoms with Crippen LogP contribution in [-0.2, 0) is 16.0 Å². The van der Waals surface area contributed by atoms with Crippen molar-refractivity contribution in [3.8, 4) is 11.1 Å². The first-order valence-electron chi connectivity index (χ1n) is 11.1. The second-order valence-electron chi connectivity index (χ2n) is 9.27. The Morgan fingerprint density at radius 2 is 1.73 bits per heavy atom. The standard InChI is InChI=1S/C26H32N2O2/c1-19-7-4-5-10-23(19)22-9-6-8-20(17-22)18-26(25(30)27(2)3)13-15-28(16-14-26)24(29)21-11-12-21/h4-10,17,21H,11-16,18H2,1-3H3. The Balaban J connectivity index is 1.57. The monoisotopic (exact) mass is 404 g/mol. The molecule has 30 heavy (non-hydrogen) atoms. The zero-order chi connectivity index (χ0) is 21.3. The first kappa shape index (κ1) is 20.6. The van der Waals surface area contributed by atoms with Crippen LogP contribution in [0.4, 0.5) is 0 Å². The number of benzene rings is 2. The number of carbonyl (C=O) groups is 2. The third kappa shape index (κ3) is 4.14. The molecule has 2 amide bonds. The average molecular weight is 405 g/mol. The van der Waals surface area contributed by atoms with Crippen molar-refractivity contribution in [1.29, 1.82) is 0 Å². The summed E-state index contributed by atoms with van der Waals surface area (Å²) in [5.74, 6) is 0.720. The van der Waals surface area contributed by atoms with Crippen molar-refractivity contribution in [2.45, 2.75) is 39.0 Å². The maximum Gasteiger partial charge on any atom is 0.228 e. The van der Waals surface area contributed by atoms with Crippen LogP contribution >= 0.6 is 0 Å². The van der Waals surface area contributed by atoms with E-state index < -0.39 is 5.41 Å². The molecule has 2 aromatic rings. The first-order valence-corrected chi connectivity index (χ1v) is 11.1. The molecular formula is C26H32N2O2. The van der Waals surface area contributed by atoms with E-state index in [0.29, 0.717) is 19.0 Å². The van der Waals surface area contributed by atoms with Gasteiger partial charge in [-0.25, -0.2) is 0 Å². The molecule has 1 saturated heterocycles. The Bertz CT molecular complexity index is 938. The van der Waals surface area contributed by atoms with Gasteiger partial charge in [0.15, 0.2) is 0 Å². The molecule has 2 aliphatic rings. The maximum absolute atomic E-state index is 13.3. The van der Waals surface area contributed by atoms with Crippen molar-refractivity contribution in [2.75, 3.05) is 27.2 Å². The van der Waals surface area contributed by atoms with Crippen molar-refractivity contribution in [1.82, 2.24) is 9.80 Å². The largest absolute Gasteiger partial charge is 0.348 e. The lowest BCUT2D eigenvalue weighted by Gasteiger charge is -2.42. The first-order chi connectivity index (χ1) is 14.4. The van der Waals surface area contributed by atoms with Gasteiger partial charge in [-0.05, 0) is 61.3 Å². The number of carbonyl (C=O) groups excluding carboxylic acids is 2. The molecular weight excluding hydrogens is 372 g/mol. The van der Waals surface area contributed by atoms with Gasteiger partial charge in [0.2, 0.25) is 11.8 Å². The van der Waals surface area contributed by atoms with Crippen LogP contribution in [-0.4, -0.2) is 48.8 Å². The Hall–Kier alpha value is -2.62. The van der Waals surface area contributed by atoms with Crippen LogP contribution in [0.1, 0.15) is 36.8 Å². The van der Waals surface area contributed by atoms with Gasteiger partial charge in [-0.15, -0.1) is 0 Å². The number of nitrogens with zero attached hydrogens (tertiary/aromatic N) is 2. The summed E-state index contributed by atoms with van der Waals surface area (Å²) in [5.41, 5.74) is 4.43. The van der Waals surface area contributed by atoms with Gasteiger partial charge < -0.3 is 9.80 Å². The van der Waals surface area contributed by atoms with E-state index in [-0.39, 0.29) is 11.8 Å². The molecule has 4 rings (SSSR count). The number of piperidine rings is 1. The fourth-order valence-corrected chi connectivity index (χ4v) is 4.82. The van der Waals surface area contributed by atoms with Gasteiger partial charge in [-0.3, -0.25) is 9.59 Å². The van der Waals surface area contributed by atoms with Crippen molar-refractivity contribution < 1.29 is 9.59 Å². The summed E-state index contributed by atoms with van der Waals surface area (Å²) in [5, 5.41) is 0. The Morgan fingerprint density at radius 1 is 1.03 bits per heavy atom. The summed E-state index contributed by atoms with van der Waals surface area (Å²) < 4.78 is 0. The summed E-state index contributed by atoms with van der Waals surface area (Å²) in [4.78, 5) is 29.5. The van der Waals surface area contributed by atoms with Crippen molar-refractivity contribution in [3.05, 3.63) is 59.7 Å². The van der Waals surface area contributed by atoms with Gasteiger partial charge in [0.05, 0.1) is 5.41 Å². The number of amides is 2. The summed E-state index contributed by atoms with van der Waals surface area (Å²) in [6.45, 7) is 3.50. The topological polar surface area (TPSA) is 40.6 Å². The van der Waals surface area contributed by atoms with E-state index in [1.165, 1.54) is 22.3 Å². The highest BCUT2D eigenvalue weighted by atomic mass is 16.2. The number of likely N-dealkylation sites (tertiary alicyclic amines) is 1. The zero-order valence-electron chi connectivity index (χ0n) is 18.4. The van der Waals surface area contributed by atoms with Crippen LogP contribution in [0.25, 0.3) is 11.1 Å². The number of hydrogen-bond donors (Lipinski definition) is 0. The molecule has 0 atom stereocenters. The minimum atomic E-state index is -0.436. The van der Waals surface area contributed by atoms with Gasteiger partial charge in [-0.1, -0.05) is 48.5 Å². The molecule has 1 heterocycles. The fourth-order valence-electron chi connectivity index (χ4n) is 4.82. The molecule has 1 aliphatic heterocycles. The Labute approximate surface area is 179 Å². The van der Waals surface area contributed by atoms with Crippen molar-refractivity contribution >= 4 is 11.8 Å². The van der Waals surface area contributed by atoms with Crippen molar-refractivity contribution in [2.24, 2.45) is 11.3 Å². The zero-order valence-corrected chi connectivity index (χ0v) is 18.4. The summed E-state index contributed by atoms with van der Waals surface area (Å²) >= 11 is 0. The molecule has 1 saturated carbocycles. The van der Waals surface area contributed by atoms with E-state index in [4.69, 9.17) is 0 Å². The maximum atomic E-state index is 13.3. The number of hydrogen-bond acceptors (Lipinski definition) is 2. The van der Waals surface area contributed by atoms with E-state index in [1.807, 2.05) is 19.0 Å². The summed E-state index contributed by atoms with van der Waals surface area (Å²) in [6, 6.07) is 17.0. The predicted octanol–water partition coefficient (Wildman–Crippen LogP) is 4.31. The molecule has 4 nitrogen and oxygen atoms in total. The van der Waals surface area contributed by atoms with Gasteiger partial charge in [0.1, 0.15) is 0 Å². The van der Waals surface area contributed by atoms with Crippen LogP contribution in [0, 0.1) is 18.3 Å². The molecule has 2 aromatic carbocycles. The van der Waals surface area contributed by atoms with Crippen LogP contribution < -0.4 is 0 Å². The summed E-state index contributed by atoms with van der Waals surface area (Å²) in [6.07, 6.45) is 4.24. The van der Waals surface area contributed by atoms with E-state index in [0.717, 1.165) is 32.1 Å². The molecule has 0 spiro atoms. The minimum absolute atomic E-state index is 0.183. The normalized spacial score (nSPS) is 18.2. The van der Waals surface area contributed by atoms with Gasteiger partial charge in [0.25, 0.3) is 0 Å². The lowest BCUT2D eigenvalue weighted by Crippen LogP contribution is -2.51. The second kappa shape index (κ2) is 8.25. The molecule has 2 fully saturated rings. The highest BCUT2D eigenvalue weighted by Crippen LogP contribution is 2.40. The molecule has 0 aromatic heterocycles. The third-order valence-electron chi connectivity index (χ3n) is 6.74. The molecule has 0 bridgehead atoms. The lowest BCUT2D eigenvalue weighted by molar-refractivity contribution is -0.146. The van der Waals surface area contributed by atoms with E-state index >= 15 is 0 Å². The number of aryl methyl sites for hydroxylation is 1. The van der Waals surface area contributed by atoms with E-state index in [9.17, 15) is 9.59 Å². The van der Waals surface area contributed by atoms with Crippen LogP contribution in [0.15, 0.2) is 48.5 Å². The molecule has 0 N–H and O–H groups in total. The second-order valence-corrected chi connectivity index (χ2v) is 9.27. The highest BCUT2D eigenvalue weighted by Gasteiger charge is 2.44. The summed E-state index contributed by atoms with van der Waals surface area (Å²) in [7, 11) is 3.69. The van der Waals surface area contributed by atoms with Gasteiger partial charge >= 0.3 is 0 Å². The van der Waals surface area contributed by atoms with Crippen LogP contribution in [0.2, 0.25) is 0 Å². The SMILES string of the molecule is Cc1ccccc1-c1cccc(CC2(C(=O)N(C)C)CCN(C(=O)C3CC3)CC2)c1. The number of rotatable bonds is 5. The minimum Gasteiger partial charge on any atom is -0.348 e. The van der Waals surface area contributed by atoms with Crippen molar-refractivity contribution in [3.63, 3.8) is 0 Å². The smallest absolute Gasteiger partial charge is 0.228 e. The Kier molecular flexibility index (Phi) is 5.68. The highest BCUT2D eigenvalue weighted by molar-refractivity contribution is 5.84. The van der Waals surface area contributed by atoms with Crippen LogP contribution in [0.3, 0.4) is 0 Å². The fraction of sp³-hybridized carbons (Fsp3) is 0.462. The van der Waals surface area contributed by atoms with Gasteiger partial charge in [-0.2, -0.15) is 0 Å². The van der Waals surface area contributed by atoms with Crippen LogP contribution in [0.5, 0.6) is 0 Å². The van der Waals surface area contributed by atoms with E-state index in [1.54, 1.807) is 4.90 Å². The Morgan fingerprint density at radius 3 is 2.37 bits per heavy atom.